The summed E-state index contributed by atoms with van der Waals surface area (Å²) in [6.45, 7) is 2.89. The predicted molar refractivity (Wildman–Crippen MR) is 74.8 cm³/mol. The van der Waals surface area contributed by atoms with Crippen molar-refractivity contribution in [2.75, 3.05) is 11.9 Å². The Hall–Kier alpha value is -1.58. The van der Waals surface area contributed by atoms with Crippen molar-refractivity contribution in [2.24, 2.45) is 0 Å². The SMILES string of the molecule is CCNc1nnc(SCc2ccc(C#N)cc2)s1. The van der Waals surface area contributed by atoms with Crippen molar-refractivity contribution in [1.82, 2.24) is 10.2 Å². The second-order valence-corrected chi connectivity index (χ2v) is 5.70. The molecule has 2 rings (SSSR count). The Bertz CT molecular complexity index is 542. The van der Waals surface area contributed by atoms with Gasteiger partial charge in [0.15, 0.2) is 4.34 Å². The molecule has 0 aliphatic rings. The van der Waals surface area contributed by atoms with Crippen LogP contribution < -0.4 is 5.32 Å². The largest absolute Gasteiger partial charge is 0.360 e. The fourth-order valence-electron chi connectivity index (χ4n) is 1.31. The molecule has 4 nitrogen and oxygen atoms in total. The third-order valence-corrected chi connectivity index (χ3v) is 4.27. The van der Waals surface area contributed by atoms with E-state index in [9.17, 15) is 0 Å². The van der Waals surface area contributed by atoms with Crippen molar-refractivity contribution in [3.05, 3.63) is 35.4 Å². The summed E-state index contributed by atoms with van der Waals surface area (Å²) in [4.78, 5) is 0. The Morgan fingerprint density at radius 1 is 1.33 bits per heavy atom. The molecule has 0 radical (unpaired) electrons. The number of hydrogen-bond donors (Lipinski definition) is 1. The minimum Gasteiger partial charge on any atom is -0.360 e. The molecule has 0 aliphatic carbocycles. The van der Waals surface area contributed by atoms with Crippen LogP contribution in [0.3, 0.4) is 0 Å². The Morgan fingerprint density at radius 3 is 2.78 bits per heavy atom. The quantitative estimate of drug-likeness (QED) is 0.850. The second kappa shape index (κ2) is 6.38. The summed E-state index contributed by atoms with van der Waals surface area (Å²) in [5, 5.41) is 20.8. The Balaban J connectivity index is 1.91. The molecular formula is C12H12N4S2. The first-order valence-corrected chi connectivity index (χ1v) is 7.31. The number of thioether (sulfide) groups is 1. The molecule has 18 heavy (non-hydrogen) atoms. The highest BCUT2D eigenvalue weighted by Gasteiger charge is 2.04. The lowest BCUT2D eigenvalue weighted by Gasteiger charge is -1.98. The van der Waals surface area contributed by atoms with Gasteiger partial charge in [0.05, 0.1) is 11.6 Å². The van der Waals surface area contributed by atoms with Crippen molar-refractivity contribution < 1.29 is 0 Å². The third-order valence-electron chi connectivity index (χ3n) is 2.18. The van der Waals surface area contributed by atoms with E-state index in [4.69, 9.17) is 5.26 Å². The average molecular weight is 276 g/mol. The first-order valence-electron chi connectivity index (χ1n) is 5.51. The second-order valence-electron chi connectivity index (χ2n) is 3.50. The van der Waals surface area contributed by atoms with Crippen molar-refractivity contribution in [2.45, 2.75) is 17.0 Å². The molecule has 2 aromatic rings. The number of hydrogen-bond acceptors (Lipinski definition) is 6. The smallest absolute Gasteiger partial charge is 0.206 e. The molecule has 0 atom stereocenters. The van der Waals surface area contributed by atoms with E-state index in [0.717, 1.165) is 21.8 Å². The Labute approximate surface area is 114 Å². The van der Waals surface area contributed by atoms with Crippen LogP contribution >= 0.6 is 23.1 Å². The molecule has 1 aromatic carbocycles. The summed E-state index contributed by atoms with van der Waals surface area (Å²) >= 11 is 3.22. The Morgan fingerprint density at radius 2 is 2.11 bits per heavy atom. The molecule has 1 aromatic heterocycles. The molecule has 6 heteroatoms. The number of nitriles is 1. The van der Waals surface area contributed by atoms with E-state index in [1.165, 1.54) is 5.56 Å². The van der Waals surface area contributed by atoms with Crippen molar-refractivity contribution in [1.29, 1.82) is 5.26 Å². The van der Waals surface area contributed by atoms with Crippen LogP contribution in [0.4, 0.5) is 5.13 Å². The average Bonchev–Trinajstić information content (AvgIpc) is 2.85. The van der Waals surface area contributed by atoms with E-state index in [-0.39, 0.29) is 0 Å². The van der Waals surface area contributed by atoms with Crippen molar-refractivity contribution >= 4 is 28.2 Å². The molecule has 0 saturated carbocycles. The van der Waals surface area contributed by atoms with Crippen LogP contribution in [0.2, 0.25) is 0 Å². The van der Waals surface area contributed by atoms with Crippen LogP contribution in [-0.4, -0.2) is 16.7 Å². The summed E-state index contributed by atoms with van der Waals surface area (Å²) in [7, 11) is 0. The first kappa shape index (κ1) is 12.9. The summed E-state index contributed by atoms with van der Waals surface area (Å²) in [6, 6.07) is 9.72. The lowest BCUT2D eigenvalue weighted by atomic mass is 10.2. The van der Waals surface area contributed by atoms with E-state index in [1.54, 1.807) is 23.1 Å². The zero-order valence-corrected chi connectivity index (χ0v) is 11.5. The maximum absolute atomic E-state index is 8.71. The van der Waals surface area contributed by atoms with Gasteiger partial charge in [-0.15, -0.1) is 10.2 Å². The molecule has 0 fully saturated rings. The molecule has 0 aliphatic heterocycles. The van der Waals surface area contributed by atoms with Crippen LogP contribution in [0.1, 0.15) is 18.1 Å². The third kappa shape index (κ3) is 3.45. The minimum atomic E-state index is 0.689. The number of nitrogens with zero attached hydrogens (tertiary/aromatic N) is 3. The van der Waals surface area contributed by atoms with Crippen molar-refractivity contribution in [3.63, 3.8) is 0 Å². The van der Waals surface area contributed by atoms with E-state index in [1.807, 2.05) is 31.2 Å². The molecule has 0 unspecified atom stereocenters. The zero-order chi connectivity index (χ0) is 12.8. The van der Waals surface area contributed by atoms with Gasteiger partial charge < -0.3 is 5.32 Å². The summed E-state index contributed by atoms with van der Waals surface area (Å²) in [6.07, 6.45) is 0. The molecule has 0 bridgehead atoms. The normalized spacial score (nSPS) is 10.0. The van der Waals surface area contributed by atoms with Gasteiger partial charge in [-0.1, -0.05) is 35.2 Å². The molecule has 1 heterocycles. The minimum absolute atomic E-state index is 0.689. The van der Waals surface area contributed by atoms with Crippen LogP contribution in [0.5, 0.6) is 0 Å². The van der Waals surface area contributed by atoms with Gasteiger partial charge in [-0.25, -0.2) is 0 Å². The maximum Gasteiger partial charge on any atom is 0.206 e. The van der Waals surface area contributed by atoms with E-state index >= 15 is 0 Å². The van der Waals surface area contributed by atoms with Crippen LogP contribution in [-0.2, 0) is 5.75 Å². The van der Waals surface area contributed by atoms with Crippen LogP contribution in [0.25, 0.3) is 0 Å². The maximum atomic E-state index is 8.71. The van der Waals surface area contributed by atoms with Gasteiger partial charge in [0, 0.05) is 12.3 Å². The summed E-state index contributed by atoms with van der Waals surface area (Å²) in [5.74, 6) is 0.840. The molecule has 92 valence electrons. The van der Waals surface area contributed by atoms with Gasteiger partial charge in [0.25, 0.3) is 0 Å². The number of benzene rings is 1. The highest BCUT2D eigenvalue weighted by atomic mass is 32.2. The number of rotatable bonds is 5. The number of aromatic nitrogens is 2. The summed E-state index contributed by atoms with van der Waals surface area (Å²) in [5.41, 5.74) is 1.87. The molecule has 1 N–H and O–H groups in total. The monoisotopic (exact) mass is 276 g/mol. The van der Waals surface area contributed by atoms with Gasteiger partial charge >= 0.3 is 0 Å². The van der Waals surface area contributed by atoms with Gasteiger partial charge in [0.2, 0.25) is 5.13 Å². The first-order chi connectivity index (χ1) is 8.81. The molecule has 0 amide bonds. The fraction of sp³-hybridized carbons (Fsp3) is 0.250. The van der Waals surface area contributed by atoms with Gasteiger partial charge in [-0.3, -0.25) is 0 Å². The van der Waals surface area contributed by atoms with E-state index in [2.05, 4.69) is 21.6 Å². The zero-order valence-electron chi connectivity index (χ0n) is 9.88. The molecular weight excluding hydrogens is 264 g/mol. The van der Waals surface area contributed by atoms with E-state index in [0.29, 0.717) is 5.56 Å². The molecule has 0 saturated heterocycles. The lowest BCUT2D eigenvalue weighted by molar-refractivity contribution is 1.00. The molecule has 0 spiro atoms. The fourth-order valence-corrected chi connectivity index (χ4v) is 3.09. The standard InChI is InChI=1S/C12H12N4S2/c1-2-14-11-15-16-12(18-11)17-8-10-5-3-9(7-13)4-6-10/h3-6H,2,8H2,1H3,(H,14,15). The lowest BCUT2D eigenvalue weighted by Crippen LogP contribution is -1.94. The number of nitrogens with one attached hydrogen (secondary N) is 1. The van der Waals surface area contributed by atoms with Gasteiger partial charge in [-0.05, 0) is 24.6 Å². The van der Waals surface area contributed by atoms with E-state index < -0.39 is 0 Å². The highest BCUT2D eigenvalue weighted by molar-refractivity contribution is 8.00. The predicted octanol–water partition coefficient (Wildman–Crippen LogP) is 3.13. The topological polar surface area (TPSA) is 61.6 Å². The van der Waals surface area contributed by atoms with Gasteiger partial charge in [-0.2, -0.15) is 5.26 Å². The van der Waals surface area contributed by atoms with Gasteiger partial charge in [0.1, 0.15) is 0 Å². The Kier molecular flexibility index (Phi) is 4.56. The van der Waals surface area contributed by atoms with Crippen molar-refractivity contribution in [3.8, 4) is 6.07 Å². The highest BCUT2D eigenvalue weighted by Crippen LogP contribution is 2.28. The van der Waals surface area contributed by atoms with Crippen LogP contribution in [0, 0.1) is 11.3 Å². The number of anilines is 1. The van der Waals surface area contributed by atoms with Crippen LogP contribution in [0.15, 0.2) is 28.6 Å². The summed E-state index contributed by atoms with van der Waals surface area (Å²) < 4.78 is 0.954.